The predicted octanol–water partition coefficient (Wildman–Crippen LogP) is 5.56. The Morgan fingerprint density at radius 1 is 0.967 bits per heavy atom. The first kappa shape index (κ1) is 18.7. The highest BCUT2D eigenvalue weighted by molar-refractivity contribution is 5.80. The second kappa shape index (κ2) is 7.48. The van der Waals surface area contributed by atoms with Crippen molar-refractivity contribution in [1.82, 2.24) is 15.0 Å². The van der Waals surface area contributed by atoms with Crippen LogP contribution in [0.15, 0.2) is 67.0 Å². The zero-order valence-electron chi connectivity index (χ0n) is 17.1. The second-order valence-corrected chi connectivity index (χ2v) is 8.18. The van der Waals surface area contributed by atoms with E-state index in [0.29, 0.717) is 0 Å². The second-order valence-electron chi connectivity index (χ2n) is 8.18. The summed E-state index contributed by atoms with van der Waals surface area (Å²) in [5.41, 5.74) is 4.46. The average Bonchev–Trinajstić information content (AvgIpc) is 2.72. The zero-order valence-corrected chi connectivity index (χ0v) is 17.1. The number of para-hydroxylation sites is 1. The molecule has 0 amide bonds. The lowest BCUT2D eigenvalue weighted by Gasteiger charge is -2.40. The molecule has 0 radical (unpaired) electrons. The molecule has 0 unspecified atom stereocenters. The van der Waals surface area contributed by atoms with Gasteiger partial charge in [-0.25, -0.2) is 9.37 Å². The van der Waals surface area contributed by atoms with Gasteiger partial charge in [0.15, 0.2) is 0 Å². The minimum Gasteiger partial charge on any atom is -0.355 e. The first-order chi connectivity index (χ1) is 14.6. The van der Waals surface area contributed by atoms with Crippen molar-refractivity contribution in [2.45, 2.75) is 25.7 Å². The SMILES string of the molecule is CC(C)c1cc(F)cc(-c2nccnc2C2CN(c3ccc4ccccc4n3)C2)c1. The molecule has 4 nitrogen and oxygen atoms in total. The summed E-state index contributed by atoms with van der Waals surface area (Å²) >= 11 is 0. The molecular weight excluding hydrogens is 375 g/mol. The number of hydrogen-bond donors (Lipinski definition) is 0. The van der Waals surface area contributed by atoms with Gasteiger partial charge < -0.3 is 4.90 Å². The maximum absolute atomic E-state index is 14.2. The van der Waals surface area contributed by atoms with E-state index in [1.165, 1.54) is 0 Å². The molecule has 0 saturated carbocycles. The van der Waals surface area contributed by atoms with Crippen LogP contribution in [0.25, 0.3) is 22.2 Å². The molecule has 2 aromatic carbocycles. The van der Waals surface area contributed by atoms with E-state index >= 15 is 0 Å². The van der Waals surface area contributed by atoms with Gasteiger partial charge in [-0.05, 0) is 47.9 Å². The number of benzene rings is 2. The average molecular weight is 398 g/mol. The molecule has 3 heterocycles. The van der Waals surface area contributed by atoms with Crippen LogP contribution in [0.3, 0.4) is 0 Å². The molecule has 0 atom stereocenters. The third-order valence-corrected chi connectivity index (χ3v) is 5.76. The lowest BCUT2D eigenvalue weighted by atomic mass is 9.91. The van der Waals surface area contributed by atoms with Crippen LogP contribution in [0.5, 0.6) is 0 Å². The zero-order chi connectivity index (χ0) is 20.7. The van der Waals surface area contributed by atoms with Gasteiger partial charge in [0.1, 0.15) is 11.6 Å². The smallest absolute Gasteiger partial charge is 0.129 e. The van der Waals surface area contributed by atoms with Gasteiger partial charge in [0.05, 0.1) is 16.9 Å². The largest absolute Gasteiger partial charge is 0.355 e. The maximum Gasteiger partial charge on any atom is 0.129 e. The minimum absolute atomic E-state index is 0.233. The van der Waals surface area contributed by atoms with Crippen LogP contribution in [0, 0.1) is 5.82 Å². The van der Waals surface area contributed by atoms with E-state index in [0.717, 1.165) is 52.3 Å². The standard InChI is InChI=1S/C25H23FN4/c1-16(2)18-11-19(13-21(26)12-18)24-25(28-10-9-27-24)20-14-30(15-20)23-8-7-17-5-3-4-6-22(17)29-23/h3-13,16,20H,14-15H2,1-2H3. The van der Waals surface area contributed by atoms with Crippen molar-refractivity contribution in [3.63, 3.8) is 0 Å². The molecule has 1 saturated heterocycles. The number of fused-ring (bicyclic) bond motifs is 1. The molecule has 5 heteroatoms. The summed E-state index contributed by atoms with van der Waals surface area (Å²) in [5, 5.41) is 1.14. The van der Waals surface area contributed by atoms with Crippen LogP contribution < -0.4 is 4.90 Å². The van der Waals surface area contributed by atoms with Crippen LogP contribution in [-0.2, 0) is 0 Å². The highest BCUT2D eigenvalue weighted by atomic mass is 19.1. The molecule has 1 aliphatic heterocycles. The van der Waals surface area contributed by atoms with Crippen LogP contribution in [-0.4, -0.2) is 28.0 Å². The van der Waals surface area contributed by atoms with Gasteiger partial charge in [0.25, 0.3) is 0 Å². The van der Waals surface area contributed by atoms with E-state index in [9.17, 15) is 4.39 Å². The van der Waals surface area contributed by atoms with Crippen molar-refractivity contribution in [3.05, 3.63) is 84.1 Å². The lowest BCUT2D eigenvalue weighted by molar-refractivity contribution is 0.509. The molecule has 5 rings (SSSR count). The maximum atomic E-state index is 14.2. The summed E-state index contributed by atoms with van der Waals surface area (Å²) in [4.78, 5) is 16.2. The summed E-state index contributed by atoms with van der Waals surface area (Å²) in [6, 6.07) is 17.5. The Morgan fingerprint density at radius 2 is 1.77 bits per heavy atom. The third kappa shape index (κ3) is 3.41. The number of hydrogen-bond acceptors (Lipinski definition) is 4. The third-order valence-electron chi connectivity index (χ3n) is 5.76. The molecule has 0 aliphatic carbocycles. The summed E-state index contributed by atoms with van der Waals surface area (Å²) in [6.45, 7) is 5.78. The topological polar surface area (TPSA) is 41.9 Å². The molecule has 1 fully saturated rings. The molecule has 4 aromatic rings. The van der Waals surface area contributed by atoms with Crippen LogP contribution >= 0.6 is 0 Å². The molecule has 0 bridgehead atoms. The number of halogens is 1. The summed E-state index contributed by atoms with van der Waals surface area (Å²) in [5.74, 6) is 1.23. The van der Waals surface area contributed by atoms with Crippen molar-refractivity contribution in [2.24, 2.45) is 0 Å². The fraction of sp³-hybridized carbons (Fsp3) is 0.240. The fourth-order valence-corrected chi connectivity index (χ4v) is 4.02. The quantitative estimate of drug-likeness (QED) is 0.451. The highest BCUT2D eigenvalue weighted by Crippen LogP contribution is 2.35. The summed E-state index contributed by atoms with van der Waals surface area (Å²) in [7, 11) is 0. The Balaban J connectivity index is 1.42. The Morgan fingerprint density at radius 3 is 2.60 bits per heavy atom. The van der Waals surface area contributed by atoms with Crippen LogP contribution in [0.1, 0.15) is 36.9 Å². The van der Waals surface area contributed by atoms with Crippen molar-refractivity contribution < 1.29 is 4.39 Å². The van der Waals surface area contributed by atoms with Crippen molar-refractivity contribution >= 4 is 16.7 Å². The monoisotopic (exact) mass is 398 g/mol. The predicted molar refractivity (Wildman–Crippen MR) is 118 cm³/mol. The van der Waals surface area contributed by atoms with Gasteiger partial charge in [-0.2, -0.15) is 0 Å². The number of pyridine rings is 1. The first-order valence-electron chi connectivity index (χ1n) is 10.3. The van der Waals surface area contributed by atoms with E-state index in [2.05, 4.69) is 46.9 Å². The van der Waals surface area contributed by atoms with E-state index in [1.54, 1.807) is 24.5 Å². The van der Waals surface area contributed by atoms with Crippen molar-refractivity contribution in [1.29, 1.82) is 0 Å². The minimum atomic E-state index is -0.233. The Labute approximate surface area is 175 Å². The highest BCUT2D eigenvalue weighted by Gasteiger charge is 2.32. The van der Waals surface area contributed by atoms with Crippen molar-refractivity contribution in [2.75, 3.05) is 18.0 Å². The molecule has 1 aliphatic rings. The van der Waals surface area contributed by atoms with Gasteiger partial charge in [0, 0.05) is 42.4 Å². The van der Waals surface area contributed by atoms with Gasteiger partial charge in [0.2, 0.25) is 0 Å². The molecule has 2 aromatic heterocycles. The van der Waals surface area contributed by atoms with E-state index < -0.39 is 0 Å². The number of aromatic nitrogens is 3. The fourth-order valence-electron chi connectivity index (χ4n) is 4.02. The number of anilines is 1. The Kier molecular flexibility index (Phi) is 4.66. The molecule has 150 valence electrons. The molecule has 30 heavy (non-hydrogen) atoms. The number of rotatable bonds is 4. The van der Waals surface area contributed by atoms with Crippen molar-refractivity contribution in [3.8, 4) is 11.3 Å². The van der Waals surface area contributed by atoms with E-state index in [4.69, 9.17) is 4.98 Å². The van der Waals surface area contributed by atoms with Crippen LogP contribution in [0.2, 0.25) is 0 Å². The van der Waals surface area contributed by atoms with Crippen LogP contribution in [0.4, 0.5) is 10.2 Å². The van der Waals surface area contributed by atoms with Gasteiger partial charge in [-0.1, -0.05) is 32.0 Å². The van der Waals surface area contributed by atoms with Gasteiger partial charge in [-0.3, -0.25) is 9.97 Å². The summed E-state index contributed by atoms with van der Waals surface area (Å²) < 4.78 is 14.2. The molecule has 0 spiro atoms. The molecular formula is C25H23FN4. The van der Waals surface area contributed by atoms with E-state index in [-0.39, 0.29) is 17.7 Å². The van der Waals surface area contributed by atoms with Gasteiger partial charge >= 0.3 is 0 Å². The Hall–Kier alpha value is -3.34. The van der Waals surface area contributed by atoms with E-state index in [1.807, 2.05) is 24.3 Å². The normalized spacial score (nSPS) is 14.3. The number of nitrogens with zero attached hydrogens (tertiary/aromatic N) is 4. The van der Waals surface area contributed by atoms with Gasteiger partial charge in [-0.15, -0.1) is 0 Å². The first-order valence-corrected chi connectivity index (χ1v) is 10.3. The lowest BCUT2D eigenvalue weighted by Crippen LogP contribution is -2.46. The molecule has 0 N–H and O–H groups in total. The summed E-state index contributed by atoms with van der Waals surface area (Å²) in [6.07, 6.45) is 3.40. The Bertz CT molecular complexity index is 1210.